The molecule has 0 N–H and O–H groups in total. The van der Waals surface area contributed by atoms with Crippen molar-refractivity contribution in [3.63, 3.8) is 0 Å². The lowest BCUT2D eigenvalue weighted by molar-refractivity contribution is 0.112. The first kappa shape index (κ1) is 10.4. The topological polar surface area (TPSA) is 39.1 Å². The molecule has 0 aliphatic carbocycles. The third-order valence-electron chi connectivity index (χ3n) is 2.38. The van der Waals surface area contributed by atoms with Crippen LogP contribution in [0.2, 0.25) is 0 Å². The molecule has 80 valence electrons. The number of benzene rings is 1. The van der Waals surface area contributed by atoms with E-state index < -0.39 is 0 Å². The van der Waals surface area contributed by atoms with Gasteiger partial charge in [0.05, 0.1) is 5.56 Å². The molecular weight excluding hydrogens is 202 g/mol. The van der Waals surface area contributed by atoms with Crippen LogP contribution in [-0.4, -0.2) is 10.9 Å². The Bertz CT molecular complexity index is 584. The summed E-state index contributed by atoms with van der Waals surface area (Å²) >= 11 is 0. The summed E-state index contributed by atoms with van der Waals surface area (Å²) in [5, 5.41) is 0. The Morgan fingerprint density at radius 1 is 1.19 bits per heavy atom. The molecule has 0 spiro atoms. The molecule has 1 aromatic carbocycles. The molecular formula is C13H11NO2. The van der Waals surface area contributed by atoms with Gasteiger partial charge in [-0.15, -0.1) is 0 Å². The quantitative estimate of drug-likeness (QED) is 0.715. The van der Waals surface area contributed by atoms with Gasteiger partial charge in [-0.05, 0) is 36.8 Å². The Hall–Kier alpha value is -2.16. The number of rotatable bonds is 2. The van der Waals surface area contributed by atoms with Crippen LogP contribution in [0.15, 0.2) is 47.4 Å². The molecule has 0 saturated carbocycles. The molecule has 3 nitrogen and oxygen atoms in total. The molecule has 0 bridgehead atoms. The maximum absolute atomic E-state index is 11.8. The first-order chi connectivity index (χ1) is 7.72. The zero-order valence-electron chi connectivity index (χ0n) is 8.88. The first-order valence-corrected chi connectivity index (χ1v) is 4.96. The number of pyridine rings is 1. The molecule has 3 heteroatoms. The van der Waals surface area contributed by atoms with Gasteiger partial charge in [0, 0.05) is 11.9 Å². The third kappa shape index (κ3) is 1.80. The summed E-state index contributed by atoms with van der Waals surface area (Å²) in [5.41, 5.74) is 1.72. The first-order valence-electron chi connectivity index (χ1n) is 4.96. The Kier molecular flexibility index (Phi) is 2.68. The lowest BCUT2D eigenvalue weighted by Crippen LogP contribution is -2.20. The Morgan fingerprint density at radius 2 is 2.00 bits per heavy atom. The van der Waals surface area contributed by atoms with E-state index in [-0.39, 0.29) is 11.1 Å². The van der Waals surface area contributed by atoms with Crippen molar-refractivity contribution in [2.24, 2.45) is 0 Å². The van der Waals surface area contributed by atoms with Crippen molar-refractivity contribution in [2.75, 3.05) is 0 Å². The SMILES string of the molecule is Cc1cccc(-n2cccc(C=O)c2=O)c1. The molecule has 2 rings (SSSR count). The number of carbonyl (C=O) groups excluding carboxylic acids is 1. The van der Waals surface area contributed by atoms with E-state index in [0.29, 0.717) is 6.29 Å². The van der Waals surface area contributed by atoms with Crippen LogP contribution in [0.1, 0.15) is 15.9 Å². The Morgan fingerprint density at radius 3 is 2.69 bits per heavy atom. The maximum atomic E-state index is 11.8. The van der Waals surface area contributed by atoms with Gasteiger partial charge in [0.25, 0.3) is 5.56 Å². The smallest absolute Gasteiger partial charge is 0.265 e. The molecule has 0 unspecified atom stereocenters. The van der Waals surface area contributed by atoms with Gasteiger partial charge in [-0.25, -0.2) is 0 Å². The van der Waals surface area contributed by atoms with Crippen LogP contribution < -0.4 is 5.56 Å². The highest BCUT2D eigenvalue weighted by Gasteiger charge is 2.03. The molecule has 0 amide bonds. The molecule has 0 fully saturated rings. The standard InChI is InChI=1S/C13H11NO2/c1-10-4-2-6-12(8-10)14-7-3-5-11(9-15)13(14)16/h2-9H,1H3. The van der Waals surface area contributed by atoms with Crippen molar-refractivity contribution in [3.05, 3.63) is 64.1 Å². The van der Waals surface area contributed by atoms with Gasteiger partial charge in [-0.1, -0.05) is 12.1 Å². The summed E-state index contributed by atoms with van der Waals surface area (Å²) in [7, 11) is 0. The van der Waals surface area contributed by atoms with Crippen molar-refractivity contribution < 1.29 is 4.79 Å². The minimum absolute atomic E-state index is 0.170. The van der Waals surface area contributed by atoms with Crippen LogP contribution in [0.4, 0.5) is 0 Å². The van der Waals surface area contributed by atoms with Gasteiger partial charge in [-0.2, -0.15) is 0 Å². The monoisotopic (exact) mass is 213 g/mol. The van der Waals surface area contributed by atoms with Crippen molar-refractivity contribution in [1.29, 1.82) is 0 Å². The van der Waals surface area contributed by atoms with Crippen molar-refractivity contribution in [2.45, 2.75) is 6.92 Å². The summed E-state index contributed by atoms with van der Waals surface area (Å²) in [6.07, 6.45) is 2.23. The molecule has 0 aliphatic heterocycles. The number of aromatic nitrogens is 1. The van der Waals surface area contributed by atoms with Gasteiger partial charge in [0.15, 0.2) is 6.29 Å². The van der Waals surface area contributed by atoms with Gasteiger partial charge >= 0.3 is 0 Å². The number of hydrogen-bond acceptors (Lipinski definition) is 2. The minimum atomic E-state index is -0.289. The van der Waals surface area contributed by atoms with Crippen molar-refractivity contribution >= 4 is 6.29 Å². The fourth-order valence-electron chi connectivity index (χ4n) is 1.58. The summed E-state index contributed by atoms with van der Waals surface area (Å²) in [4.78, 5) is 22.5. The fraction of sp³-hybridized carbons (Fsp3) is 0.0769. The molecule has 1 aromatic heterocycles. The average molecular weight is 213 g/mol. The number of aldehydes is 1. The maximum Gasteiger partial charge on any atom is 0.265 e. The second-order valence-electron chi connectivity index (χ2n) is 3.60. The van der Waals surface area contributed by atoms with Gasteiger partial charge in [0.1, 0.15) is 0 Å². The van der Waals surface area contributed by atoms with Crippen molar-refractivity contribution in [3.8, 4) is 5.69 Å². The molecule has 16 heavy (non-hydrogen) atoms. The number of nitrogens with zero attached hydrogens (tertiary/aromatic N) is 1. The van der Waals surface area contributed by atoms with Crippen LogP contribution in [0, 0.1) is 6.92 Å². The summed E-state index contributed by atoms with van der Waals surface area (Å²) in [6, 6.07) is 10.8. The van der Waals surface area contributed by atoms with E-state index in [2.05, 4.69) is 0 Å². The van der Waals surface area contributed by atoms with Crippen LogP contribution in [-0.2, 0) is 0 Å². The second kappa shape index (κ2) is 4.14. The van der Waals surface area contributed by atoms with Crippen molar-refractivity contribution in [1.82, 2.24) is 4.57 Å². The Balaban J connectivity index is 2.65. The fourth-order valence-corrected chi connectivity index (χ4v) is 1.58. The normalized spacial score (nSPS) is 10.1. The van der Waals surface area contributed by atoms with E-state index in [1.54, 1.807) is 12.3 Å². The minimum Gasteiger partial charge on any atom is -0.298 e. The van der Waals surface area contributed by atoms with E-state index in [9.17, 15) is 9.59 Å². The molecule has 0 aliphatic rings. The number of hydrogen-bond donors (Lipinski definition) is 0. The largest absolute Gasteiger partial charge is 0.298 e. The molecule has 0 atom stereocenters. The van der Waals surface area contributed by atoms with Gasteiger partial charge < -0.3 is 0 Å². The van der Waals surface area contributed by atoms with Crippen LogP contribution >= 0.6 is 0 Å². The molecule has 2 aromatic rings. The molecule has 0 radical (unpaired) electrons. The Labute approximate surface area is 93.0 Å². The summed E-state index contributed by atoms with van der Waals surface area (Å²) in [6.45, 7) is 1.96. The zero-order valence-corrected chi connectivity index (χ0v) is 8.88. The molecule has 0 saturated heterocycles. The lowest BCUT2D eigenvalue weighted by atomic mass is 10.2. The highest BCUT2D eigenvalue weighted by atomic mass is 16.1. The van der Waals surface area contributed by atoms with Crippen LogP contribution in [0.3, 0.4) is 0 Å². The third-order valence-corrected chi connectivity index (χ3v) is 2.38. The average Bonchev–Trinajstić information content (AvgIpc) is 2.29. The van der Waals surface area contributed by atoms with Gasteiger partial charge in [-0.3, -0.25) is 14.2 Å². The zero-order chi connectivity index (χ0) is 11.5. The van der Waals surface area contributed by atoms with E-state index in [1.165, 1.54) is 10.6 Å². The van der Waals surface area contributed by atoms with E-state index in [4.69, 9.17) is 0 Å². The lowest BCUT2D eigenvalue weighted by Gasteiger charge is -2.06. The van der Waals surface area contributed by atoms with E-state index >= 15 is 0 Å². The highest BCUT2D eigenvalue weighted by Crippen LogP contribution is 2.07. The number of carbonyl (C=O) groups is 1. The van der Waals surface area contributed by atoms with Crippen LogP contribution in [0.5, 0.6) is 0 Å². The van der Waals surface area contributed by atoms with Crippen LogP contribution in [0.25, 0.3) is 5.69 Å². The van der Waals surface area contributed by atoms with E-state index in [1.807, 2.05) is 31.2 Å². The van der Waals surface area contributed by atoms with E-state index in [0.717, 1.165) is 11.3 Å². The summed E-state index contributed by atoms with van der Waals surface area (Å²) < 4.78 is 1.47. The predicted octanol–water partition coefficient (Wildman–Crippen LogP) is 1.96. The summed E-state index contributed by atoms with van der Waals surface area (Å²) in [5.74, 6) is 0. The molecule has 1 heterocycles. The van der Waals surface area contributed by atoms with Gasteiger partial charge in [0.2, 0.25) is 0 Å². The number of aryl methyl sites for hydroxylation is 1. The second-order valence-corrected chi connectivity index (χ2v) is 3.60. The predicted molar refractivity (Wildman–Crippen MR) is 62.2 cm³/mol. The highest BCUT2D eigenvalue weighted by molar-refractivity contribution is 5.74.